The number of aliphatic hydroxyl groups is 1. The third-order valence-corrected chi connectivity index (χ3v) is 6.56. The summed E-state index contributed by atoms with van der Waals surface area (Å²) in [7, 11) is 2.73. The predicted octanol–water partition coefficient (Wildman–Crippen LogP) is 5.89. The van der Waals surface area contributed by atoms with Crippen molar-refractivity contribution in [2.24, 2.45) is 0 Å². The zero-order chi connectivity index (χ0) is 28.1. The van der Waals surface area contributed by atoms with E-state index in [9.17, 15) is 19.5 Å². The lowest BCUT2D eigenvalue weighted by Gasteiger charge is -2.28. The minimum absolute atomic E-state index is 0.0479. The molecule has 0 fully saturated rings. The smallest absolute Gasteiger partial charge is 0.330 e. The molecule has 0 saturated heterocycles. The molecule has 3 aromatic carbocycles. The van der Waals surface area contributed by atoms with E-state index in [2.05, 4.69) is 4.74 Å². The Labute approximate surface area is 234 Å². The van der Waals surface area contributed by atoms with Crippen molar-refractivity contribution < 1.29 is 33.7 Å². The molecule has 10 heteroatoms. The lowest BCUT2D eigenvalue weighted by atomic mass is 9.92. The van der Waals surface area contributed by atoms with Gasteiger partial charge in [-0.1, -0.05) is 47.5 Å². The number of methoxy groups -OCH3 is 2. The van der Waals surface area contributed by atoms with Crippen LogP contribution in [0.15, 0.2) is 90.2 Å². The highest BCUT2D eigenvalue weighted by Crippen LogP contribution is 2.46. The molecule has 4 rings (SSSR count). The summed E-state index contributed by atoms with van der Waals surface area (Å²) in [6.45, 7) is -0.0479. The van der Waals surface area contributed by atoms with Gasteiger partial charge in [-0.15, -0.1) is 0 Å². The summed E-state index contributed by atoms with van der Waals surface area (Å²) in [5, 5.41) is 11.7. The van der Waals surface area contributed by atoms with Crippen molar-refractivity contribution in [3.05, 3.63) is 111 Å². The molecule has 0 aromatic heterocycles. The second kappa shape index (κ2) is 12.1. The van der Waals surface area contributed by atoms with Gasteiger partial charge < -0.3 is 19.3 Å². The lowest BCUT2D eigenvalue weighted by Crippen LogP contribution is -2.31. The van der Waals surface area contributed by atoms with Crippen LogP contribution >= 0.6 is 23.2 Å². The first-order valence-corrected chi connectivity index (χ1v) is 12.4. The van der Waals surface area contributed by atoms with Gasteiger partial charge in [-0.3, -0.25) is 14.5 Å². The van der Waals surface area contributed by atoms with Crippen LogP contribution in [0, 0.1) is 0 Å². The van der Waals surface area contributed by atoms with Crippen LogP contribution in [0.3, 0.4) is 0 Å². The van der Waals surface area contributed by atoms with E-state index in [0.29, 0.717) is 16.3 Å². The predicted molar refractivity (Wildman–Crippen MR) is 147 cm³/mol. The molecule has 1 N–H and O–H groups in total. The first-order chi connectivity index (χ1) is 18.8. The highest BCUT2D eigenvalue weighted by Gasteiger charge is 2.45. The number of hydrogen-bond donors (Lipinski definition) is 1. The van der Waals surface area contributed by atoms with Gasteiger partial charge in [-0.2, -0.15) is 0 Å². The maximum absolute atomic E-state index is 13.7. The molecule has 0 bridgehead atoms. The highest BCUT2D eigenvalue weighted by atomic mass is 35.5. The number of rotatable bonds is 9. The van der Waals surface area contributed by atoms with Gasteiger partial charge in [0.05, 0.1) is 36.5 Å². The summed E-state index contributed by atoms with van der Waals surface area (Å²) < 4.78 is 15.8. The van der Waals surface area contributed by atoms with Gasteiger partial charge in [-0.25, -0.2) is 4.79 Å². The van der Waals surface area contributed by atoms with E-state index in [1.807, 2.05) is 0 Å². The van der Waals surface area contributed by atoms with Crippen LogP contribution in [0.4, 0.5) is 5.69 Å². The number of benzene rings is 3. The molecule has 1 amide bonds. The van der Waals surface area contributed by atoms with E-state index >= 15 is 0 Å². The Balaban J connectivity index is 1.83. The third kappa shape index (κ3) is 5.77. The molecule has 0 aliphatic carbocycles. The first-order valence-electron chi connectivity index (χ1n) is 11.6. The Hall–Kier alpha value is -4.27. The number of anilines is 1. The Morgan fingerprint density at radius 1 is 1.03 bits per heavy atom. The van der Waals surface area contributed by atoms with Gasteiger partial charge >= 0.3 is 5.97 Å². The van der Waals surface area contributed by atoms with Crippen molar-refractivity contribution >= 4 is 46.5 Å². The molecule has 0 radical (unpaired) electrons. The second-order valence-corrected chi connectivity index (χ2v) is 9.11. The number of nitrogens with zero attached hydrogens (tertiary/aromatic N) is 1. The zero-order valence-corrected chi connectivity index (χ0v) is 22.4. The van der Waals surface area contributed by atoms with E-state index < -0.39 is 29.5 Å². The van der Waals surface area contributed by atoms with Crippen LogP contribution < -0.4 is 14.4 Å². The summed E-state index contributed by atoms with van der Waals surface area (Å²) in [6.07, 6.45) is 2.64. The monoisotopic (exact) mass is 567 g/mol. The molecular formula is C29H23Cl2NO7. The van der Waals surface area contributed by atoms with Crippen molar-refractivity contribution in [1.29, 1.82) is 0 Å². The lowest BCUT2D eigenvalue weighted by molar-refractivity contribution is -0.134. The SMILES string of the molecule is COC(=O)/C=C/COc1cc(OC)ccc1N1C(=O)C(O)=C(C(=O)c2ccccc2Cl)C1c1ccc(Cl)cc1. The van der Waals surface area contributed by atoms with Gasteiger partial charge in [0.2, 0.25) is 0 Å². The average Bonchev–Trinajstić information content (AvgIpc) is 3.20. The summed E-state index contributed by atoms with van der Waals surface area (Å²) in [5.41, 5.74) is 0.747. The first kappa shape index (κ1) is 27.8. The van der Waals surface area contributed by atoms with Crippen molar-refractivity contribution in [2.75, 3.05) is 25.7 Å². The molecule has 1 aliphatic rings. The fourth-order valence-electron chi connectivity index (χ4n) is 4.12. The number of carbonyl (C=O) groups is 3. The normalized spacial score (nSPS) is 15.1. The van der Waals surface area contributed by atoms with Gasteiger partial charge in [0.1, 0.15) is 18.1 Å². The fraction of sp³-hybridized carbons (Fsp3) is 0.138. The van der Waals surface area contributed by atoms with Crippen LogP contribution in [-0.2, 0) is 14.3 Å². The number of carbonyl (C=O) groups excluding carboxylic acids is 3. The van der Waals surface area contributed by atoms with E-state index in [0.717, 1.165) is 0 Å². The van der Waals surface area contributed by atoms with E-state index in [1.54, 1.807) is 60.7 Å². The molecule has 3 aromatic rings. The van der Waals surface area contributed by atoms with Gasteiger partial charge in [0.25, 0.3) is 5.91 Å². The standard InChI is InChI=1S/C29H23Cl2NO7/c1-37-19-13-14-22(23(16-19)39-15-5-8-24(33)38-2)32-26(17-9-11-18(30)12-10-17)25(28(35)29(32)36)27(34)20-6-3-4-7-21(20)31/h3-14,16,26,35H,15H2,1-2H3/b8-5+. The van der Waals surface area contributed by atoms with E-state index in [4.69, 9.17) is 32.7 Å². The van der Waals surface area contributed by atoms with E-state index in [-0.39, 0.29) is 34.2 Å². The molecule has 200 valence electrons. The number of hydrogen-bond acceptors (Lipinski definition) is 7. The molecule has 1 aliphatic heterocycles. The quantitative estimate of drug-likeness (QED) is 0.195. The Morgan fingerprint density at radius 2 is 1.74 bits per heavy atom. The van der Waals surface area contributed by atoms with Crippen LogP contribution in [0.2, 0.25) is 10.0 Å². The number of ether oxygens (including phenoxy) is 3. The topological polar surface area (TPSA) is 102 Å². The number of aliphatic hydroxyl groups excluding tert-OH is 1. The molecule has 1 heterocycles. The van der Waals surface area contributed by atoms with Gasteiger partial charge in [0, 0.05) is 22.7 Å². The van der Waals surface area contributed by atoms with Crippen molar-refractivity contribution in [1.82, 2.24) is 0 Å². The zero-order valence-electron chi connectivity index (χ0n) is 20.9. The number of esters is 1. The number of ketones is 1. The van der Waals surface area contributed by atoms with E-state index in [1.165, 1.54) is 37.3 Å². The second-order valence-electron chi connectivity index (χ2n) is 8.27. The Kier molecular flexibility index (Phi) is 8.59. The molecular weight excluding hydrogens is 545 g/mol. The Morgan fingerprint density at radius 3 is 2.41 bits per heavy atom. The number of Topliss-reactive ketones (excluding diaryl/α,β-unsaturated/α-hetero) is 1. The maximum Gasteiger partial charge on any atom is 0.330 e. The maximum atomic E-state index is 13.7. The van der Waals surface area contributed by atoms with Gasteiger partial charge in [-0.05, 0) is 48.0 Å². The molecule has 1 unspecified atom stereocenters. The minimum atomic E-state index is -1.04. The molecule has 0 saturated carbocycles. The summed E-state index contributed by atoms with van der Waals surface area (Å²) >= 11 is 12.4. The molecule has 39 heavy (non-hydrogen) atoms. The molecule has 8 nitrogen and oxygen atoms in total. The largest absolute Gasteiger partial charge is 0.503 e. The Bertz CT molecular complexity index is 1480. The van der Waals surface area contributed by atoms with Crippen LogP contribution in [0.1, 0.15) is 22.0 Å². The van der Waals surface area contributed by atoms with Crippen molar-refractivity contribution in [2.45, 2.75) is 6.04 Å². The highest BCUT2D eigenvalue weighted by molar-refractivity contribution is 6.35. The molecule has 0 spiro atoms. The number of amides is 1. The summed E-state index contributed by atoms with van der Waals surface area (Å²) in [6, 6.07) is 16.7. The van der Waals surface area contributed by atoms with Crippen molar-refractivity contribution in [3.63, 3.8) is 0 Å². The summed E-state index contributed by atoms with van der Waals surface area (Å²) in [4.78, 5) is 40.0. The third-order valence-electron chi connectivity index (χ3n) is 5.97. The fourth-order valence-corrected chi connectivity index (χ4v) is 4.47. The molecule has 1 atom stereocenters. The van der Waals surface area contributed by atoms with Crippen LogP contribution in [0.25, 0.3) is 0 Å². The average molecular weight is 568 g/mol. The van der Waals surface area contributed by atoms with Crippen LogP contribution in [0.5, 0.6) is 11.5 Å². The van der Waals surface area contributed by atoms with Gasteiger partial charge in [0.15, 0.2) is 11.5 Å². The van der Waals surface area contributed by atoms with Crippen molar-refractivity contribution in [3.8, 4) is 11.5 Å². The number of halogens is 2. The minimum Gasteiger partial charge on any atom is -0.503 e. The van der Waals surface area contributed by atoms with Crippen LogP contribution in [-0.4, -0.2) is 43.6 Å². The summed E-state index contributed by atoms with van der Waals surface area (Å²) in [5.74, 6) is -2.05.